The molecule has 0 unspecified atom stereocenters. The van der Waals surface area contributed by atoms with Gasteiger partial charge in [0.15, 0.2) is 0 Å². The topological polar surface area (TPSA) is 142 Å². The number of nitrogens with one attached hydrogen (secondary N) is 4. The van der Waals surface area contributed by atoms with Crippen LogP contribution in [0.2, 0.25) is 0 Å². The Kier molecular flexibility index (Phi) is 10.9. The van der Waals surface area contributed by atoms with Gasteiger partial charge in [-0.05, 0) is 67.4 Å². The number of anilines is 4. The summed E-state index contributed by atoms with van der Waals surface area (Å²) in [4.78, 5) is 59.2. The van der Waals surface area contributed by atoms with E-state index in [9.17, 15) is 19.2 Å². The van der Waals surface area contributed by atoms with Crippen molar-refractivity contribution in [2.24, 2.45) is 0 Å². The molecule has 4 amide bonds. The Balaban J connectivity index is 1.60. The van der Waals surface area contributed by atoms with Crippen LogP contribution in [-0.4, -0.2) is 33.6 Å². The van der Waals surface area contributed by atoms with Gasteiger partial charge in [-0.3, -0.25) is 19.2 Å². The highest BCUT2D eigenvalue weighted by molar-refractivity contribution is 6.09. The summed E-state index contributed by atoms with van der Waals surface area (Å²) in [5, 5.41) is 10.9. The molecule has 0 aliphatic heterocycles. The van der Waals surface area contributed by atoms with Gasteiger partial charge >= 0.3 is 0 Å². The highest BCUT2D eigenvalue weighted by Gasteiger charge is 2.15. The number of benzene rings is 2. The molecule has 44 heavy (non-hydrogen) atoms. The zero-order chi connectivity index (χ0) is 31.3. The maximum Gasteiger partial charge on any atom is 0.256 e. The molecule has 4 N–H and O–H groups in total. The Hall–Kier alpha value is -5.82. The van der Waals surface area contributed by atoms with Crippen molar-refractivity contribution in [3.8, 4) is 11.8 Å². The van der Waals surface area contributed by atoms with E-state index in [1.54, 1.807) is 48.5 Å². The molecule has 10 nitrogen and oxygen atoms in total. The third-order valence-corrected chi connectivity index (χ3v) is 6.05. The molecule has 0 fully saturated rings. The van der Waals surface area contributed by atoms with E-state index < -0.39 is 11.8 Å². The fourth-order valence-electron chi connectivity index (χ4n) is 4.02. The number of amides is 4. The van der Waals surface area contributed by atoms with Gasteiger partial charge in [0.05, 0.1) is 0 Å². The van der Waals surface area contributed by atoms with Crippen molar-refractivity contribution in [1.29, 1.82) is 0 Å². The molecular weight excluding hydrogens is 556 g/mol. The second-order valence-electron chi connectivity index (χ2n) is 9.74. The summed E-state index contributed by atoms with van der Waals surface area (Å²) in [6, 6.07) is 23.7. The number of carbonyl (C=O) groups is 4. The highest BCUT2D eigenvalue weighted by atomic mass is 16.2. The number of pyridine rings is 2. The van der Waals surface area contributed by atoms with Crippen LogP contribution in [0.4, 0.5) is 23.3 Å². The van der Waals surface area contributed by atoms with Crippen molar-refractivity contribution in [2.75, 3.05) is 21.3 Å². The lowest BCUT2D eigenvalue weighted by molar-refractivity contribution is -0.117. The van der Waals surface area contributed by atoms with Crippen LogP contribution in [0.15, 0.2) is 84.9 Å². The van der Waals surface area contributed by atoms with Crippen LogP contribution in [0.3, 0.4) is 0 Å². The van der Waals surface area contributed by atoms with E-state index in [-0.39, 0.29) is 34.6 Å². The number of carbonyl (C=O) groups excluding carboxylic acids is 4. The molecule has 2 aromatic carbocycles. The molecule has 2 heterocycles. The van der Waals surface area contributed by atoms with Crippen molar-refractivity contribution >= 4 is 46.9 Å². The van der Waals surface area contributed by atoms with Crippen molar-refractivity contribution < 1.29 is 19.2 Å². The lowest BCUT2D eigenvalue weighted by Crippen LogP contribution is -2.18. The van der Waals surface area contributed by atoms with E-state index in [0.29, 0.717) is 42.9 Å². The van der Waals surface area contributed by atoms with Gasteiger partial charge in [0.1, 0.15) is 23.3 Å². The van der Waals surface area contributed by atoms with E-state index in [1.807, 2.05) is 44.2 Å². The lowest BCUT2D eigenvalue weighted by atomic mass is 10.0. The monoisotopic (exact) mass is 588 g/mol. The molecule has 2 aromatic heterocycles. The summed E-state index contributed by atoms with van der Waals surface area (Å²) < 4.78 is 0. The first kappa shape index (κ1) is 31.1. The minimum Gasteiger partial charge on any atom is -0.311 e. The van der Waals surface area contributed by atoms with Gasteiger partial charge in [-0.25, -0.2) is 9.97 Å². The molecule has 0 spiro atoms. The Morgan fingerprint density at radius 1 is 0.545 bits per heavy atom. The molecule has 0 aliphatic carbocycles. The summed E-state index contributed by atoms with van der Waals surface area (Å²) in [5.74, 6) is 5.75. The van der Waals surface area contributed by atoms with Gasteiger partial charge in [0.2, 0.25) is 11.8 Å². The van der Waals surface area contributed by atoms with Gasteiger partial charge in [-0.1, -0.05) is 56.0 Å². The lowest BCUT2D eigenvalue weighted by Gasteiger charge is -2.11. The zero-order valence-electron chi connectivity index (χ0n) is 24.4. The van der Waals surface area contributed by atoms with Crippen LogP contribution in [0.5, 0.6) is 0 Å². The SMILES string of the molecule is CCCC(=O)Nc1cccc(NC(=O)c2cc(C#Cc3ccccc3)cc(C(=O)Nc3cccc(NC(=O)CCC)n3)c2)n1. The first-order valence-electron chi connectivity index (χ1n) is 14.2. The van der Waals surface area contributed by atoms with E-state index in [4.69, 9.17) is 0 Å². The molecule has 0 aliphatic rings. The molecule has 0 saturated carbocycles. The summed E-state index contributed by atoms with van der Waals surface area (Å²) >= 11 is 0. The fourth-order valence-corrected chi connectivity index (χ4v) is 4.02. The molecule has 222 valence electrons. The van der Waals surface area contributed by atoms with Crippen LogP contribution < -0.4 is 21.3 Å². The quantitative estimate of drug-likeness (QED) is 0.171. The second kappa shape index (κ2) is 15.4. The highest BCUT2D eigenvalue weighted by Crippen LogP contribution is 2.17. The Morgan fingerprint density at radius 2 is 0.977 bits per heavy atom. The maximum absolute atomic E-state index is 13.3. The van der Waals surface area contributed by atoms with Crippen molar-refractivity contribution in [2.45, 2.75) is 39.5 Å². The normalized spacial score (nSPS) is 10.1. The van der Waals surface area contributed by atoms with Gasteiger partial charge in [-0.15, -0.1) is 0 Å². The van der Waals surface area contributed by atoms with E-state index >= 15 is 0 Å². The number of nitrogens with zero attached hydrogens (tertiary/aromatic N) is 2. The first-order chi connectivity index (χ1) is 21.3. The predicted molar refractivity (Wildman–Crippen MR) is 170 cm³/mol. The molecule has 0 radical (unpaired) electrons. The van der Waals surface area contributed by atoms with Crippen LogP contribution >= 0.6 is 0 Å². The summed E-state index contributed by atoms with van der Waals surface area (Å²) in [6.07, 6.45) is 2.10. The van der Waals surface area contributed by atoms with Gasteiger partial charge in [0.25, 0.3) is 11.8 Å². The number of rotatable bonds is 10. The second-order valence-corrected chi connectivity index (χ2v) is 9.74. The molecule has 4 rings (SSSR count). The van der Waals surface area contributed by atoms with Gasteiger partial charge < -0.3 is 21.3 Å². The largest absolute Gasteiger partial charge is 0.311 e. The van der Waals surface area contributed by atoms with E-state index in [2.05, 4.69) is 43.1 Å². The Labute approximate surface area is 255 Å². The fraction of sp³-hybridized carbons (Fsp3) is 0.176. The average molecular weight is 589 g/mol. The van der Waals surface area contributed by atoms with Crippen LogP contribution in [0, 0.1) is 11.8 Å². The summed E-state index contributed by atoms with van der Waals surface area (Å²) in [5.41, 5.74) is 1.55. The van der Waals surface area contributed by atoms with E-state index in [1.165, 1.54) is 6.07 Å². The molecule has 0 saturated heterocycles. The first-order valence-corrected chi connectivity index (χ1v) is 14.2. The number of aromatic nitrogens is 2. The summed E-state index contributed by atoms with van der Waals surface area (Å²) in [7, 11) is 0. The van der Waals surface area contributed by atoms with Crippen molar-refractivity contribution in [3.63, 3.8) is 0 Å². The third kappa shape index (κ3) is 9.36. The molecular formula is C34H32N6O4. The number of hydrogen-bond acceptors (Lipinski definition) is 6. The van der Waals surface area contributed by atoms with E-state index in [0.717, 1.165) is 5.56 Å². The third-order valence-electron chi connectivity index (χ3n) is 6.05. The predicted octanol–water partition coefficient (Wildman–Crippen LogP) is 5.86. The average Bonchev–Trinajstić information content (AvgIpc) is 3.01. The smallest absolute Gasteiger partial charge is 0.256 e. The van der Waals surface area contributed by atoms with Crippen LogP contribution in [0.25, 0.3) is 0 Å². The van der Waals surface area contributed by atoms with Crippen LogP contribution in [-0.2, 0) is 9.59 Å². The van der Waals surface area contributed by atoms with Crippen molar-refractivity contribution in [1.82, 2.24) is 9.97 Å². The van der Waals surface area contributed by atoms with Gasteiger partial charge in [0, 0.05) is 35.1 Å². The Bertz CT molecular complexity index is 1630. The minimum atomic E-state index is -0.522. The zero-order valence-corrected chi connectivity index (χ0v) is 24.4. The molecule has 4 aromatic rings. The minimum absolute atomic E-state index is 0.172. The van der Waals surface area contributed by atoms with Crippen molar-refractivity contribution in [3.05, 3.63) is 107 Å². The standard InChI is InChI=1S/C34H32N6O4/c1-3-10-31(41)37-27-14-8-16-29(35-27)39-33(43)25-20-24(19-18-23-12-6-5-7-13-23)21-26(22-25)34(44)40-30-17-9-15-28(36-30)38-32(42)11-4-2/h5-9,12-17,20-22H,3-4,10-11H2,1-2H3,(H2,35,37,39,41,43)(H2,36,38,40,42,44). The van der Waals surface area contributed by atoms with Crippen LogP contribution in [0.1, 0.15) is 71.4 Å². The summed E-state index contributed by atoms with van der Waals surface area (Å²) in [6.45, 7) is 3.80. The maximum atomic E-state index is 13.3. The number of hydrogen-bond donors (Lipinski definition) is 4. The Morgan fingerprint density at radius 3 is 1.43 bits per heavy atom. The molecule has 10 heteroatoms. The molecule has 0 atom stereocenters. The molecule has 0 bridgehead atoms. The van der Waals surface area contributed by atoms with Gasteiger partial charge in [-0.2, -0.15) is 0 Å².